The van der Waals surface area contributed by atoms with Gasteiger partial charge in [0.2, 0.25) is 5.95 Å². The number of rotatable bonds is 8. The van der Waals surface area contributed by atoms with Crippen LogP contribution in [0, 0.1) is 12.7 Å². The van der Waals surface area contributed by atoms with Crippen LogP contribution in [-0.4, -0.2) is 29.6 Å². The van der Waals surface area contributed by atoms with Crippen LogP contribution in [0.5, 0.6) is 5.75 Å². The molecule has 1 aliphatic rings. The molecule has 4 aromatic rings. The lowest BCUT2D eigenvalue weighted by atomic mass is 9.93. The van der Waals surface area contributed by atoms with Gasteiger partial charge in [-0.2, -0.15) is 4.98 Å². The van der Waals surface area contributed by atoms with Crippen LogP contribution in [0.15, 0.2) is 72.8 Å². The van der Waals surface area contributed by atoms with Gasteiger partial charge < -0.3 is 19.7 Å². The molecule has 0 amide bonds. The number of carbonyl (C=O) groups is 1. The van der Waals surface area contributed by atoms with Crippen molar-refractivity contribution in [3.8, 4) is 5.75 Å². The van der Waals surface area contributed by atoms with Gasteiger partial charge in [-0.15, -0.1) is 0 Å². The number of ether oxygens (including phenoxy) is 2. The normalized spacial score (nSPS) is 14.5. The molecule has 0 bridgehead atoms. The van der Waals surface area contributed by atoms with Crippen LogP contribution in [0.2, 0.25) is 0 Å². The Morgan fingerprint density at radius 3 is 2.67 bits per heavy atom. The van der Waals surface area contributed by atoms with Gasteiger partial charge in [0.1, 0.15) is 24.0 Å². The van der Waals surface area contributed by atoms with Crippen LogP contribution >= 0.6 is 0 Å². The fourth-order valence-electron chi connectivity index (χ4n) is 4.90. The standard InChI is InChI=1S/C31H31FN4O3/c1-20-28(19-39-29(37)18-22-7-6-9-26(17-22)38-3)34-31(33-25-13-11-24(32)12-14-25)35-30(20)36-16-15-23-8-4-5-10-27(23)21(36)2/h4-14,17,21H,15-16,18-19H2,1-3H3,(H,33,34,35). The van der Waals surface area contributed by atoms with E-state index in [1.54, 1.807) is 19.2 Å². The molecule has 39 heavy (non-hydrogen) atoms. The highest BCUT2D eigenvalue weighted by Crippen LogP contribution is 2.35. The Morgan fingerprint density at radius 1 is 1.08 bits per heavy atom. The number of methoxy groups -OCH3 is 1. The molecule has 200 valence electrons. The molecule has 2 heterocycles. The zero-order valence-electron chi connectivity index (χ0n) is 22.3. The number of halogens is 1. The van der Waals surface area contributed by atoms with E-state index in [4.69, 9.17) is 14.5 Å². The highest BCUT2D eigenvalue weighted by Gasteiger charge is 2.27. The number of fused-ring (bicyclic) bond motifs is 1. The minimum absolute atomic E-state index is 0.00105. The van der Waals surface area contributed by atoms with Crippen molar-refractivity contribution in [2.75, 3.05) is 23.9 Å². The lowest BCUT2D eigenvalue weighted by Gasteiger charge is -2.37. The van der Waals surface area contributed by atoms with Crippen LogP contribution < -0.4 is 15.0 Å². The molecule has 5 rings (SSSR count). The highest BCUT2D eigenvalue weighted by atomic mass is 19.1. The Kier molecular flexibility index (Phi) is 7.72. The van der Waals surface area contributed by atoms with E-state index in [1.807, 2.05) is 31.2 Å². The maximum Gasteiger partial charge on any atom is 0.310 e. The molecule has 0 fully saturated rings. The first-order valence-electron chi connectivity index (χ1n) is 12.9. The first-order valence-corrected chi connectivity index (χ1v) is 12.9. The Hall–Kier alpha value is -4.46. The maximum atomic E-state index is 13.5. The number of aromatic nitrogens is 2. The minimum Gasteiger partial charge on any atom is -0.497 e. The summed E-state index contributed by atoms with van der Waals surface area (Å²) in [5.74, 6) is 1.12. The Bertz CT molecular complexity index is 1480. The van der Waals surface area contributed by atoms with Crippen molar-refractivity contribution in [3.63, 3.8) is 0 Å². The number of nitrogens with zero attached hydrogens (tertiary/aromatic N) is 3. The highest BCUT2D eigenvalue weighted by molar-refractivity contribution is 5.73. The summed E-state index contributed by atoms with van der Waals surface area (Å²) in [6.45, 7) is 4.91. The van der Waals surface area contributed by atoms with E-state index >= 15 is 0 Å². The van der Waals surface area contributed by atoms with Crippen LogP contribution in [0.3, 0.4) is 0 Å². The molecule has 1 aromatic heterocycles. The number of benzene rings is 3. The smallest absolute Gasteiger partial charge is 0.310 e. The number of hydrogen-bond acceptors (Lipinski definition) is 7. The van der Waals surface area contributed by atoms with Crippen molar-refractivity contribution >= 4 is 23.4 Å². The molecule has 1 N–H and O–H groups in total. The molecule has 8 heteroatoms. The van der Waals surface area contributed by atoms with E-state index in [1.165, 1.54) is 23.3 Å². The molecular weight excluding hydrogens is 495 g/mol. The zero-order valence-corrected chi connectivity index (χ0v) is 22.3. The lowest BCUT2D eigenvalue weighted by molar-refractivity contribution is -0.144. The first kappa shape index (κ1) is 26.2. The first-order chi connectivity index (χ1) is 18.9. The number of nitrogens with one attached hydrogen (secondary N) is 1. The van der Waals surface area contributed by atoms with Gasteiger partial charge in [-0.3, -0.25) is 4.79 Å². The quantitative estimate of drug-likeness (QED) is 0.279. The summed E-state index contributed by atoms with van der Waals surface area (Å²) in [4.78, 5) is 24.5. The van der Waals surface area contributed by atoms with Crippen LogP contribution in [0.25, 0.3) is 0 Å². The maximum absolute atomic E-state index is 13.5. The largest absolute Gasteiger partial charge is 0.497 e. The molecule has 1 atom stereocenters. The van der Waals surface area contributed by atoms with Crippen LogP contribution in [-0.2, 0) is 29.0 Å². The Balaban J connectivity index is 1.42. The van der Waals surface area contributed by atoms with Crippen molar-refractivity contribution in [3.05, 3.63) is 107 Å². The molecular formula is C31H31FN4O3. The topological polar surface area (TPSA) is 76.6 Å². The van der Waals surface area contributed by atoms with Gasteiger partial charge in [-0.1, -0.05) is 36.4 Å². The molecule has 1 aliphatic heterocycles. The zero-order chi connectivity index (χ0) is 27.4. The van der Waals surface area contributed by atoms with Gasteiger partial charge in [0.25, 0.3) is 0 Å². The van der Waals surface area contributed by atoms with E-state index in [0.717, 1.165) is 29.9 Å². The Morgan fingerprint density at radius 2 is 1.87 bits per heavy atom. The predicted octanol–water partition coefficient (Wildman–Crippen LogP) is 6.09. The van der Waals surface area contributed by atoms with Gasteiger partial charge >= 0.3 is 5.97 Å². The summed E-state index contributed by atoms with van der Waals surface area (Å²) in [5, 5.41) is 3.18. The summed E-state index contributed by atoms with van der Waals surface area (Å²) >= 11 is 0. The fourth-order valence-corrected chi connectivity index (χ4v) is 4.90. The lowest BCUT2D eigenvalue weighted by Crippen LogP contribution is -2.35. The predicted molar refractivity (Wildman–Crippen MR) is 149 cm³/mol. The SMILES string of the molecule is COc1cccc(CC(=O)OCc2nc(Nc3ccc(F)cc3)nc(N3CCc4ccccc4C3C)c2C)c1. The summed E-state index contributed by atoms with van der Waals surface area (Å²) in [5.41, 5.74) is 5.52. The Labute approximate surface area is 227 Å². The van der Waals surface area contributed by atoms with Gasteiger partial charge in [0.15, 0.2) is 0 Å². The van der Waals surface area contributed by atoms with Gasteiger partial charge in [0.05, 0.1) is 25.3 Å². The summed E-state index contributed by atoms with van der Waals surface area (Å²) in [6, 6.07) is 21.9. The van der Waals surface area contributed by atoms with Crippen molar-refractivity contribution in [2.45, 2.75) is 39.3 Å². The molecule has 0 saturated carbocycles. The minimum atomic E-state index is -0.365. The molecule has 0 aliphatic carbocycles. The fraction of sp³-hybridized carbons (Fsp3) is 0.258. The molecule has 7 nitrogen and oxygen atoms in total. The average Bonchev–Trinajstić information content (AvgIpc) is 2.95. The van der Waals surface area contributed by atoms with Gasteiger partial charge in [0, 0.05) is 17.8 Å². The van der Waals surface area contributed by atoms with Crippen molar-refractivity contribution in [1.29, 1.82) is 0 Å². The van der Waals surface area contributed by atoms with Crippen molar-refractivity contribution < 1.29 is 18.7 Å². The number of esters is 1. The van der Waals surface area contributed by atoms with E-state index in [9.17, 15) is 9.18 Å². The third-order valence-electron chi connectivity index (χ3n) is 7.04. The van der Waals surface area contributed by atoms with E-state index in [2.05, 4.69) is 46.4 Å². The van der Waals surface area contributed by atoms with Crippen LogP contribution in [0.4, 0.5) is 21.8 Å². The molecule has 0 radical (unpaired) electrons. The monoisotopic (exact) mass is 526 g/mol. The van der Waals surface area contributed by atoms with E-state index in [-0.39, 0.29) is 30.9 Å². The number of carbonyl (C=O) groups excluding carboxylic acids is 1. The summed E-state index contributed by atoms with van der Waals surface area (Å²) < 4.78 is 24.4. The van der Waals surface area contributed by atoms with E-state index in [0.29, 0.717) is 23.1 Å². The second-order valence-corrected chi connectivity index (χ2v) is 9.58. The van der Waals surface area contributed by atoms with Crippen LogP contribution in [0.1, 0.15) is 40.9 Å². The second kappa shape index (κ2) is 11.5. The van der Waals surface area contributed by atoms with Gasteiger partial charge in [-0.25, -0.2) is 9.37 Å². The molecule has 0 saturated heterocycles. The van der Waals surface area contributed by atoms with Crippen molar-refractivity contribution in [1.82, 2.24) is 9.97 Å². The summed E-state index contributed by atoms with van der Waals surface area (Å²) in [6.07, 6.45) is 1.02. The van der Waals surface area contributed by atoms with E-state index < -0.39 is 0 Å². The molecule has 1 unspecified atom stereocenters. The second-order valence-electron chi connectivity index (χ2n) is 9.58. The summed E-state index contributed by atoms with van der Waals surface area (Å²) in [7, 11) is 1.59. The van der Waals surface area contributed by atoms with Gasteiger partial charge in [-0.05, 0) is 73.4 Å². The number of hydrogen-bond donors (Lipinski definition) is 1. The number of anilines is 3. The molecule has 0 spiro atoms. The average molecular weight is 527 g/mol. The third-order valence-corrected chi connectivity index (χ3v) is 7.04. The third kappa shape index (κ3) is 6.00. The van der Waals surface area contributed by atoms with Crippen molar-refractivity contribution in [2.24, 2.45) is 0 Å². The molecule has 3 aromatic carbocycles.